The van der Waals surface area contributed by atoms with E-state index in [1.807, 2.05) is 0 Å². The van der Waals surface area contributed by atoms with E-state index < -0.39 is 0 Å². The van der Waals surface area contributed by atoms with E-state index >= 15 is 0 Å². The van der Waals surface area contributed by atoms with Gasteiger partial charge in [-0.2, -0.15) is 0 Å². The smallest absolute Gasteiger partial charge is 0.0351 e. The highest BCUT2D eigenvalue weighted by Gasteiger charge is 1.95. The molecule has 1 rings (SSSR count). The predicted molar refractivity (Wildman–Crippen MR) is 65.8 cm³/mol. The molecule has 0 unspecified atom stereocenters. The summed E-state index contributed by atoms with van der Waals surface area (Å²) in [5.74, 6) is 0. The van der Waals surface area contributed by atoms with E-state index in [2.05, 4.69) is 52.7 Å². The van der Waals surface area contributed by atoms with Crippen molar-refractivity contribution >= 4 is 15.9 Å². The fourth-order valence-electron chi connectivity index (χ4n) is 1.13. The van der Waals surface area contributed by atoms with Crippen molar-refractivity contribution in [3.8, 4) is 0 Å². The molecule has 0 N–H and O–H groups in total. The Bertz CT molecular complexity index is 236. The first-order valence-electron chi connectivity index (χ1n) is 4.86. The van der Waals surface area contributed by atoms with Crippen LogP contribution in [0.25, 0.3) is 0 Å². The number of ether oxygens (including phenoxy) is 1. The first-order chi connectivity index (χ1) is 6.67. The molecule has 0 radical (unpaired) electrons. The van der Waals surface area contributed by atoms with Crippen molar-refractivity contribution in [3.05, 3.63) is 33.8 Å². The maximum absolute atomic E-state index is 4.25. The van der Waals surface area contributed by atoms with Gasteiger partial charge >= 0.3 is 0 Å². The summed E-state index contributed by atoms with van der Waals surface area (Å²) < 4.78 is 5.45. The minimum atomic E-state index is 1.12. The molecular weight excluding hydrogens is 240 g/mol. The summed E-state index contributed by atoms with van der Waals surface area (Å²) in [7, 11) is 3.25. The van der Waals surface area contributed by atoms with Gasteiger partial charge < -0.3 is 4.74 Å². The molecule has 2 heteroatoms. The van der Waals surface area contributed by atoms with Gasteiger partial charge in [-0.25, -0.2) is 0 Å². The molecule has 0 amide bonds. The summed E-state index contributed by atoms with van der Waals surface area (Å²) >= 11 is 3.49. The van der Waals surface area contributed by atoms with Gasteiger partial charge in [-0.1, -0.05) is 35.8 Å². The molecule has 0 aliphatic heterocycles. The van der Waals surface area contributed by atoms with E-state index in [1.165, 1.54) is 15.6 Å². The van der Waals surface area contributed by atoms with Crippen LogP contribution in [0.15, 0.2) is 22.7 Å². The van der Waals surface area contributed by atoms with E-state index in [-0.39, 0.29) is 0 Å². The summed E-state index contributed by atoms with van der Waals surface area (Å²) in [5, 5.41) is 0. The number of aryl methyl sites for hydroxylation is 2. The SMILES string of the molecule is CCc1cc(Br)cc(CC)c1.COC. The fraction of sp³-hybridized carbons (Fsp3) is 0.500. The zero-order chi connectivity index (χ0) is 11.0. The van der Waals surface area contributed by atoms with Crippen LogP contribution in [-0.2, 0) is 17.6 Å². The topological polar surface area (TPSA) is 9.23 Å². The summed E-state index contributed by atoms with van der Waals surface area (Å²) in [6.07, 6.45) is 2.24. The molecule has 0 aromatic heterocycles. The minimum absolute atomic E-state index is 1.12. The van der Waals surface area contributed by atoms with Crippen LogP contribution in [0.5, 0.6) is 0 Å². The molecule has 0 spiro atoms. The van der Waals surface area contributed by atoms with Crippen molar-refractivity contribution in [1.82, 2.24) is 0 Å². The Morgan fingerprint density at radius 3 is 1.64 bits per heavy atom. The second-order valence-corrected chi connectivity index (χ2v) is 4.00. The Hall–Kier alpha value is -0.340. The molecule has 1 nitrogen and oxygen atoms in total. The number of hydrogen-bond donors (Lipinski definition) is 0. The van der Waals surface area contributed by atoms with Crippen molar-refractivity contribution in [1.29, 1.82) is 0 Å². The standard InChI is InChI=1S/C10H13Br.C2H6O/c1-3-8-5-9(4-2)7-10(11)6-8;1-3-2/h5-7H,3-4H2,1-2H3;1-2H3. The molecule has 1 aromatic carbocycles. The van der Waals surface area contributed by atoms with Gasteiger partial charge in [0, 0.05) is 18.7 Å². The molecule has 14 heavy (non-hydrogen) atoms. The lowest BCUT2D eigenvalue weighted by Crippen LogP contribution is -1.85. The Morgan fingerprint density at radius 1 is 1.00 bits per heavy atom. The van der Waals surface area contributed by atoms with Gasteiger partial charge in [0.25, 0.3) is 0 Å². The van der Waals surface area contributed by atoms with Gasteiger partial charge in [0.05, 0.1) is 0 Å². The second-order valence-electron chi connectivity index (χ2n) is 3.08. The number of hydrogen-bond acceptors (Lipinski definition) is 1. The molecule has 0 bridgehead atoms. The number of benzene rings is 1. The van der Waals surface area contributed by atoms with Crippen LogP contribution in [0.3, 0.4) is 0 Å². The molecule has 0 aliphatic rings. The van der Waals surface area contributed by atoms with E-state index in [1.54, 1.807) is 14.2 Å². The highest BCUT2D eigenvalue weighted by Crippen LogP contribution is 2.16. The lowest BCUT2D eigenvalue weighted by atomic mass is 10.1. The third kappa shape index (κ3) is 5.40. The summed E-state index contributed by atoms with van der Waals surface area (Å²) in [4.78, 5) is 0. The van der Waals surface area contributed by atoms with Crippen LogP contribution >= 0.6 is 15.9 Å². The first-order valence-corrected chi connectivity index (χ1v) is 5.65. The van der Waals surface area contributed by atoms with E-state index in [4.69, 9.17) is 0 Å². The van der Waals surface area contributed by atoms with Crippen LogP contribution in [0.4, 0.5) is 0 Å². The Morgan fingerprint density at radius 2 is 1.36 bits per heavy atom. The van der Waals surface area contributed by atoms with Crippen molar-refractivity contribution in [2.75, 3.05) is 14.2 Å². The van der Waals surface area contributed by atoms with Crippen LogP contribution in [0, 0.1) is 0 Å². The van der Waals surface area contributed by atoms with Gasteiger partial charge in [0.1, 0.15) is 0 Å². The van der Waals surface area contributed by atoms with E-state index in [9.17, 15) is 0 Å². The van der Waals surface area contributed by atoms with Crippen molar-refractivity contribution in [2.24, 2.45) is 0 Å². The molecule has 0 saturated heterocycles. The monoisotopic (exact) mass is 258 g/mol. The minimum Gasteiger partial charge on any atom is -0.388 e. The molecule has 0 heterocycles. The van der Waals surface area contributed by atoms with Gasteiger partial charge in [0.15, 0.2) is 0 Å². The Kier molecular flexibility index (Phi) is 7.81. The average Bonchev–Trinajstić information content (AvgIpc) is 2.18. The van der Waals surface area contributed by atoms with Crippen molar-refractivity contribution in [2.45, 2.75) is 26.7 Å². The molecule has 0 atom stereocenters. The van der Waals surface area contributed by atoms with Gasteiger partial charge in [-0.15, -0.1) is 0 Å². The molecule has 80 valence electrons. The summed E-state index contributed by atoms with van der Waals surface area (Å²) in [6, 6.07) is 6.63. The normalized spacial score (nSPS) is 9.21. The largest absolute Gasteiger partial charge is 0.388 e. The number of rotatable bonds is 2. The summed E-state index contributed by atoms with van der Waals surface area (Å²) in [5.41, 5.74) is 2.83. The third-order valence-electron chi connectivity index (χ3n) is 1.83. The van der Waals surface area contributed by atoms with Crippen molar-refractivity contribution < 1.29 is 4.74 Å². The van der Waals surface area contributed by atoms with E-state index in [0.29, 0.717) is 0 Å². The molecule has 0 aliphatic carbocycles. The predicted octanol–water partition coefficient (Wildman–Crippen LogP) is 3.84. The first kappa shape index (κ1) is 13.7. The quantitative estimate of drug-likeness (QED) is 0.784. The molecule has 0 fully saturated rings. The second kappa shape index (κ2) is 8.01. The van der Waals surface area contributed by atoms with Crippen LogP contribution in [-0.4, -0.2) is 14.2 Å². The summed E-state index contributed by atoms with van der Waals surface area (Å²) in [6.45, 7) is 4.36. The molecule has 0 saturated carbocycles. The maximum atomic E-state index is 4.25. The van der Waals surface area contributed by atoms with Gasteiger partial charge in [-0.3, -0.25) is 0 Å². The zero-order valence-electron chi connectivity index (χ0n) is 9.43. The Balaban J connectivity index is 0.000000500. The van der Waals surface area contributed by atoms with Crippen LogP contribution in [0.1, 0.15) is 25.0 Å². The third-order valence-corrected chi connectivity index (χ3v) is 2.29. The van der Waals surface area contributed by atoms with Crippen LogP contribution in [0.2, 0.25) is 0 Å². The lowest BCUT2D eigenvalue weighted by Gasteiger charge is -2.01. The number of methoxy groups -OCH3 is 1. The molecule has 1 aromatic rings. The van der Waals surface area contributed by atoms with Gasteiger partial charge in [0.2, 0.25) is 0 Å². The lowest BCUT2D eigenvalue weighted by molar-refractivity contribution is 0.277. The maximum Gasteiger partial charge on any atom is 0.0351 e. The fourth-order valence-corrected chi connectivity index (χ4v) is 1.71. The van der Waals surface area contributed by atoms with E-state index in [0.717, 1.165) is 12.8 Å². The van der Waals surface area contributed by atoms with Crippen molar-refractivity contribution in [3.63, 3.8) is 0 Å². The van der Waals surface area contributed by atoms with Crippen LogP contribution < -0.4 is 0 Å². The highest BCUT2D eigenvalue weighted by molar-refractivity contribution is 9.10. The number of halogens is 1. The zero-order valence-corrected chi connectivity index (χ0v) is 11.0. The highest BCUT2D eigenvalue weighted by atomic mass is 79.9. The Labute approximate surface area is 95.6 Å². The molecular formula is C12H19BrO. The average molecular weight is 259 g/mol. The van der Waals surface area contributed by atoms with Gasteiger partial charge in [-0.05, 0) is 36.1 Å².